The summed E-state index contributed by atoms with van der Waals surface area (Å²) in [5.74, 6) is -0.197. The molecule has 0 saturated carbocycles. The summed E-state index contributed by atoms with van der Waals surface area (Å²) in [4.78, 5) is 0. The lowest BCUT2D eigenvalue weighted by molar-refractivity contribution is 0.494. The fraction of sp³-hybridized carbons (Fsp3) is 0.250. The lowest BCUT2D eigenvalue weighted by atomic mass is 10.0. The summed E-state index contributed by atoms with van der Waals surface area (Å²) >= 11 is 3.43. The second kappa shape index (κ2) is 6.31. The van der Waals surface area contributed by atoms with Gasteiger partial charge in [0.05, 0.1) is 0 Å². The van der Waals surface area contributed by atoms with Gasteiger partial charge < -0.3 is 5.32 Å². The first-order chi connectivity index (χ1) is 9.06. The standard InChI is InChI=1S/C16H17BrFN/c1-11(13-3-7-15(17)8-4-13)19-12(2)14-5-9-16(18)10-6-14/h3-12,19H,1-2H3/t11-,12?/m1/s1. The minimum atomic E-state index is -0.197. The molecule has 0 amide bonds. The summed E-state index contributed by atoms with van der Waals surface area (Å²) in [6, 6.07) is 15.3. The van der Waals surface area contributed by atoms with Crippen molar-refractivity contribution >= 4 is 15.9 Å². The maximum Gasteiger partial charge on any atom is 0.123 e. The second-order valence-corrected chi connectivity index (χ2v) is 5.63. The topological polar surface area (TPSA) is 12.0 Å². The van der Waals surface area contributed by atoms with Gasteiger partial charge in [0.25, 0.3) is 0 Å². The summed E-state index contributed by atoms with van der Waals surface area (Å²) in [5.41, 5.74) is 2.32. The largest absolute Gasteiger partial charge is 0.304 e. The first kappa shape index (κ1) is 14.2. The quantitative estimate of drug-likeness (QED) is 0.835. The Morgan fingerprint density at radius 1 is 0.842 bits per heavy atom. The van der Waals surface area contributed by atoms with Gasteiger partial charge in [-0.25, -0.2) is 4.39 Å². The summed E-state index contributed by atoms with van der Waals surface area (Å²) in [5, 5.41) is 3.51. The number of rotatable bonds is 4. The molecule has 1 unspecified atom stereocenters. The molecule has 0 fully saturated rings. The van der Waals surface area contributed by atoms with Gasteiger partial charge in [-0.1, -0.05) is 40.2 Å². The smallest absolute Gasteiger partial charge is 0.123 e. The number of hydrogen-bond donors (Lipinski definition) is 1. The van der Waals surface area contributed by atoms with Gasteiger partial charge in [0.1, 0.15) is 5.82 Å². The van der Waals surface area contributed by atoms with Crippen LogP contribution in [0.4, 0.5) is 4.39 Å². The van der Waals surface area contributed by atoms with E-state index in [-0.39, 0.29) is 17.9 Å². The van der Waals surface area contributed by atoms with Gasteiger partial charge in [-0.3, -0.25) is 0 Å². The Morgan fingerprint density at radius 2 is 1.26 bits per heavy atom. The number of benzene rings is 2. The fourth-order valence-corrected chi connectivity index (χ4v) is 2.33. The SMILES string of the molecule is CC(N[C@H](C)c1ccc(Br)cc1)c1ccc(F)cc1. The van der Waals surface area contributed by atoms with Gasteiger partial charge in [-0.2, -0.15) is 0 Å². The molecule has 0 aliphatic rings. The molecule has 0 aromatic heterocycles. The molecule has 2 atom stereocenters. The molecule has 0 radical (unpaired) electrons. The second-order valence-electron chi connectivity index (χ2n) is 4.71. The average Bonchev–Trinajstić information content (AvgIpc) is 2.40. The number of hydrogen-bond acceptors (Lipinski definition) is 1. The minimum absolute atomic E-state index is 0.180. The van der Waals surface area contributed by atoms with Gasteiger partial charge in [-0.15, -0.1) is 0 Å². The van der Waals surface area contributed by atoms with Crippen LogP contribution in [0.5, 0.6) is 0 Å². The summed E-state index contributed by atoms with van der Waals surface area (Å²) in [7, 11) is 0. The van der Waals surface area contributed by atoms with Crippen molar-refractivity contribution in [3.8, 4) is 0 Å². The van der Waals surface area contributed by atoms with Crippen molar-refractivity contribution in [2.45, 2.75) is 25.9 Å². The van der Waals surface area contributed by atoms with E-state index in [4.69, 9.17) is 0 Å². The zero-order valence-electron chi connectivity index (χ0n) is 11.0. The van der Waals surface area contributed by atoms with Crippen LogP contribution in [0.3, 0.4) is 0 Å². The van der Waals surface area contributed by atoms with E-state index in [2.05, 4.69) is 47.2 Å². The molecule has 0 saturated heterocycles. The molecule has 1 nitrogen and oxygen atoms in total. The van der Waals surface area contributed by atoms with Crippen LogP contribution in [0, 0.1) is 5.82 Å². The first-order valence-corrected chi connectivity index (χ1v) is 7.12. The summed E-state index contributed by atoms with van der Waals surface area (Å²) in [6.07, 6.45) is 0. The van der Waals surface area contributed by atoms with E-state index in [0.717, 1.165) is 10.0 Å². The molecule has 100 valence electrons. The Kier molecular flexibility index (Phi) is 4.72. The molecule has 2 aromatic carbocycles. The predicted octanol–water partition coefficient (Wildman–Crippen LogP) is 5.00. The Labute approximate surface area is 122 Å². The lowest BCUT2D eigenvalue weighted by Gasteiger charge is -2.21. The van der Waals surface area contributed by atoms with Crippen molar-refractivity contribution in [2.24, 2.45) is 0 Å². The highest BCUT2D eigenvalue weighted by Gasteiger charge is 2.11. The van der Waals surface area contributed by atoms with Crippen LogP contribution in [0.15, 0.2) is 53.0 Å². The molecule has 0 bridgehead atoms. The fourth-order valence-electron chi connectivity index (χ4n) is 2.07. The highest BCUT2D eigenvalue weighted by atomic mass is 79.9. The zero-order valence-corrected chi connectivity index (χ0v) is 12.6. The van der Waals surface area contributed by atoms with Gasteiger partial charge in [0, 0.05) is 16.6 Å². The zero-order chi connectivity index (χ0) is 13.8. The van der Waals surface area contributed by atoms with Crippen LogP contribution in [0.1, 0.15) is 37.1 Å². The Hall–Kier alpha value is -1.19. The van der Waals surface area contributed by atoms with Crippen LogP contribution in [-0.2, 0) is 0 Å². The van der Waals surface area contributed by atoms with E-state index in [9.17, 15) is 4.39 Å². The van der Waals surface area contributed by atoms with Crippen molar-refractivity contribution < 1.29 is 4.39 Å². The Morgan fingerprint density at radius 3 is 1.74 bits per heavy atom. The normalized spacial score (nSPS) is 14.1. The van der Waals surface area contributed by atoms with E-state index in [1.54, 1.807) is 0 Å². The van der Waals surface area contributed by atoms with Crippen molar-refractivity contribution in [3.05, 3.63) is 69.9 Å². The minimum Gasteiger partial charge on any atom is -0.304 e. The van der Waals surface area contributed by atoms with Crippen LogP contribution in [-0.4, -0.2) is 0 Å². The number of halogens is 2. The van der Waals surface area contributed by atoms with E-state index >= 15 is 0 Å². The van der Waals surface area contributed by atoms with Crippen molar-refractivity contribution in [1.82, 2.24) is 5.32 Å². The molecule has 0 spiro atoms. The molecule has 0 heterocycles. The van der Waals surface area contributed by atoms with Gasteiger partial charge in [0.2, 0.25) is 0 Å². The summed E-state index contributed by atoms with van der Waals surface area (Å²) in [6.45, 7) is 4.21. The average molecular weight is 322 g/mol. The predicted molar refractivity (Wildman–Crippen MR) is 80.5 cm³/mol. The monoisotopic (exact) mass is 321 g/mol. The van der Waals surface area contributed by atoms with Crippen LogP contribution >= 0.6 is 15.9 Å². The highest BCUT2D eigenvalue weighted by Crippen LogP contribution is 2.21. The van der Waals surface area contributed by atoms with Gasteiger partial charge >= 0.3 is 0 Å². The maximum absolute atomic E-state index is 12.9. The van der Waals surface area contributed by atoms with Crippen LogP contribution in [0.2, 0.25) is 0 Å². The Bertz CT molecular complexity index is 472. The molecular weight excluding hydrogens is 305 g/mol. The van der Waals surface area contributed by atoms with Crippen molar-refractivity contribution in [3.63, 3.8) is 0 Å². The third-order valence-electron chi connectivity index (χ3n) is 3.24. The molecule has 3 heteroatoms. The molecule has 2 rings (SSSR count). The Balaban J connectivity index is 2.03. The van der Waals surface area contributed by atoms with E-state index in [0.29, 0.717) is 0 Å². The first-order valence-electron chi connectivity index (χ1n) is 6.33. The van der Waals surface area contributed by atoms with Crippen molar-refractivity contribution in [2.75, 3.05) is 0 Å². The molecule has 0 aliphatic carbocycles. The van der Waals surface area contributed by atoms with Gasteiger partial charge in [-0.05, 0) is 49.2 Å². The van der Waals surface area contributed by atoms with E-state index in [1.165, 1.54) is 17.7 Å². The van der Waals surface area contributed by atoms with E-state index < -0.39 is 0 Å². The van der Waals surface area contributed by atoms with E-state index in [1.807, 2.05) is 24.3 Å². The maximum atomic E-state index is 12.9. The number of nitrogens with one attached hydrogen (secondary N) is 1. The summed E-state index contributed by atoms with van der Waals surface area (Å²) < 4.78 is 14.0. The third kappa shape index (κ3) is 3.88. The lowest BCUT2D eigenvalue weighted by Crippen LogP contribution is -2.22. The molecule has 2 aromatic rings. The van der Waals surface area contributed by atoms with Crippen LogP contribution < -0.4 is 5.32 Å². The molecule has 1 N–H and O–H groups in total. The highest BCUT2D eigenvalue weighted by molar-refractivity contribution is 9.10. The third-order valence-corrected chi connectivity index (χ3v) is 3.77. The van der Waals surface area contributed by atoms with Crippen molar-refractivity contribution in [1.29, 1.82) is 0 Å². The van der Waals surface area contributed by atoms with Gasteiger partial charge in [0.15, 0.2) is 0 Å². The van der Waals surface area contributed by atoms with Crippen LogP contribution in [0.25, 0.3) is 0 Å². The molecule has 19 heavy (non-hydrogen) atoms. The molecule has 0 aliphatic heterocycles. The molecular formula is C16H17BrFN.